The standard InChI is InChI=1S/C21H26N4O5S/c1-4-25(5-2)31(29,30)18-13-9-12-17(14-18)21(28)24-23-19(26)15(3)22-20(27)16-10-7-6-8-11-16/h6-15H,4-5H2,1-3H3,(H,22,27)(H,23,26)(H,24,28)/t15-/m1/s1. The van der Waals surface area contributed by atoms with Gasteiger partial charge in [-0.2, -0.15) is 4.31 Å². The Bertz CT molecular complexity index is 1040. The molecule has 2 aromatic carbocycles. The van der Waals surface area contributed by atoms with Crippen molar-refractivity contribution in [1.82, 2.24) is 20.5 Å². The maximum Gasteiger partial charge on any atom is 0.269 e. The van der Waals surface area contributed by atoms with E-state index in [2.05, 4.69) is 16.2 Å². The summed E-state index contributed by atoms with van der Waals surface area (Å²) in [4.78, 5) is 36.7. The molecule has 10 heteroatoms. The molecule has 3 N–H and O–H groups in total. The molecular weight excluding hydrogens is 420 g/mol. The average molecular weight is 447 g/mol. The van der Waals surface area contributed by atoms with E-state index in [-0.39, 0.29) is 10.5 Å². The molecule has 0 fully saturated rings. The first-order valence-electron chi connectivity index (χ1n) is 9.77. The van der Waals surface area contributed by atoms with Crippen molar-refractivity contribution in [1.29, 1.82) is 0 Å². The molecule has 166 valence electrons. The van der Waals surface area contributed by atoms with Gasteiger partial charge in [0.1, 0.15) is 6.04 Å². The molecule has 9 nitrogen and oxygen atoms in total. The summed E-state index contributed by atoms with van der Waals surface area (Å²) in [6, 6.07) is 13.0. The summed E-state index contributed by atoms with van der Waals surface area (Å²) < 4.78 is 26.5. The first-order chi connectivity index (χ1) is 14.7. The number of sulfonamides is 1. The first kappa shape index (κ1) is 24.0. The number of rotatable bonds is 8. The molecule has 0 saturated carbocycles. The zero-order chi connectivity index (χ0) is 23.0. The Morgan fingerprint density at radius 2 is 1.48 bits per heavy atom. The summed E-state index contributed by atoms with van der Waals surface area (Å²) in [5.74, 6) is -1.75. The molecule has 0 saturated heterocycles. The lowest BCUT2D eigenvalue weighted by Crippen LogP contribution is -2.51. The fourth-order valence-corrected chi connectivity index (χ4v) is 4.25. The Kier molecular flexibility index (Phi) is 8.29. The van der Waals surface area contributed by atoms with Crippen LogP contribution in [0, 0.1) is 0 Å². The minimum atomic E-state index is -3.72. The highest BCUT2D eigenvalue weighted by molar-refractivity contribution is 7.89. The fourth-order valence-electron chi connectivity index (χ4n) is 2.74. The van der Waals surface area contributed by atoms with E-state index in [9.17, 15) is 22.8 Å². The number of carbonyl (C=O) groups excluding carboxylic acids is 3. The zero-order valence-corrected chi connectivity index (χ0v) is 18.4. The molecule has 0 radical (unpaired) electrons. The topological polar surface area (TPSA) is 125 Å². The summed E-state index contributed by atoms with van der Waals surface area (Å²) in [5.41, 5.74) is 4.92. The normalized spacial score (nSPS) is 12.1. The van der Waals surface area contributed by atoms with Crippen molar-refractivity contribution in [2.45, 2.75) is 31.7 Å². The zero-order valence-electron chi connectivity index (χ0n) is 17.6. The molecule has 0 aliphatic rings. The van der Waals surface area contributed by atoms with E-state index in [1.165, 1.54) is 35.5 Å². The van der Waals surface area contributed by atoms with Crippen molar-refractivity contribution in [3.8, 4) is 0 Å². The molecule has 0 bridgehead atoms. The summed E-state index contributed by atoms with van der Waals surface area (Å²) in [6.45, 7) is 5.53. The number of nitrogens with zero attached hydrogens (tertiary/aromatic N) is 1. The van der Waals surface area contributed by atoms with Crippen LogP contribution in [0.15, 0.2) is 59.5 Å². The summed E-state index contributed by atoms with van der Waals surface area (Å²) in [7, 11) is -3.72. The van der Waals surface area contributed by atoms with Crippen molar-refractivity contribution < 1.29 is 22.8 Å². The monoisotopic (exact) mass is 446 g/mol. The van der Waals surface area contributed by atoms with Crippen LogP contribution in [0.3, 0.4) is 0 Å². The van der Waals surface area contributed by atoms with Crippen LogP contribution >= 0.6 is 0 Å². The van der Waals surface area contributed by atoms with Crippen molar-refractivity contribution in [3.05, 3.63) is 65.7 Å². The van der Waals surface area contributed by atoms with Crippen molar-refractivity contribution in [2.75, 3.05) is 13.1 Å². The van der Waals surface area contributed by atoms with Gasteiger partial charge in [0.2, 0.25) is 10.0 Å². The summed E-state index contributed by atoms with van der Waals surface area (Å²) in [5, 5.41) is 2.53. The first-order valence-corrected chi connectivity index (χ1v) is 11.2. The minimum absolute atomic E-state index is 0.0151. The van der Waals surface area contributed by atoms with E-state index in [1.54, 1.807) is 44.2 Å². The fraction of sp³-hybridized carbons (Fsp3) is 0.286. The molecule has 2 aromatic rings. The Labute approximate surface area is 181 Å². The van der Waals surface area contributed by atoms with Crippen LogP contribution in [0.1, 0.15) is 41.5 Å². The maximum absolute atomic E-state index is 12.6. The van der Waals surface area contributed by atoms with Gasteiger partial charge in [-0.25, -0.2) is 8.42 Å². The molecule has 0 aromatic heterocycles. The van der Waals surface area contributed by atoms with Crippen molar-refractivity contribution >= 4 is 27.7 Å². The number of hydrazine groups is 1. The lowest BCUT2D eigenvalue weighted by molar-refractivity contribution is -0.123. The largest absolute Gasteiger partial charge is 0.340 e. The van der Waals surface area contributed by atoms with Crippen LogP contribution in [-0.4, -0.2) is 49.6 Å². The highest BCUT2D eigenvalue weighted by Crippen LogP contribution is 2.16. The third kappa shape index (κ3) is 6.12. The van der Waals surface area contributed by atoms with Gasteiger partial charge in [0.05, 0.1) is 4.90 Å². The molecule has 0 aliphatic heterocycles. The number of benzene rings is 2. The molecule has 0 unspecified atom stereocenters. The Morgan fingerprint density at radius 1 is 0.871 bits per heavy atom. The predicted molar refractivity (Wildman–Crippen MR) is 116 cm³/mol. The smallest absolute Gasteiger partial charge is 0.269 e. The van der Waals surface area contributed by atoms with Gasteiger partial charge in [0.15, 0.2) is 0 Å². The third-order valence-electron chi connectivity index (χ3n) is 4.52. The molecule has 31 heavy (non-hydrogen) atoms. The number of amides is 3. The van der Waals surface area contributed by atoms with Gasteiger partial charge in [-0.15, -0.1) is 0 Å². The molecule has 3 amide bonds. The van der Waals surface area contributed by atoms with Crippen LogP contribution in [0.25, 0.3) is 0 Å². The van der Waals surface area contributed by atoms with E-state index >= 15 is 0 Å². The van der Waals surface area contributed by atoms with Gasteiger partial charge >= 0.3 is 0 Å². The second kappa shape index (κ2) is 10.7. The van der Waals surface area contributed by atoms with Crippen molar-refractivity contribution in [2.24, 2.45) is 0 Å². The highest BCUT2D eigenvalue weighted by atomic mass is 32.2. The van der Waals surface area contributed by atoms with E-state index in [1.807, 2.05) is 0 Å². The molecule has 2 rings (SSSR count). The summed E-state index contributed by atoms with van der Waals surface area (Å²) in [6.07, 6.45) is 0. The lowest BCUT2D eigenvalue weighted by atomic mass is 10.2. The van der Waals surface area contributed by atoms with Crippen LogP contribution < -0.4 is 16.2 Å². The number of hydrogen-bond donors (Lipinski definition) is 3. The van der Waals surface area contributed by atoms with Crippen LogP contribution in [0.2, 0.25) is 0 Å². The van der Waals surface area contributed by atoms with Gasteiger partial charge in [0, 0.05) is 24.2 Å². The highest BCUT2D eigenvalue weighted by Gasteiger charge is 2.23. The van der Waals surface area contributed by atoms with Gasteiger partial charge in [0.25, 0.3) is 17.7 Å². The third-order valence-corrected chi connectivity index (χ3v) is 6.56. The van der Waals surface area contributed by atoms with E-state index in [4.69, 9.17) is 0 Å². The van der Waals surface area contributed by atoms with Gasteiger partial charge in [-0.1, -0.05) is 38.1 Å². The summed E-state index contributed by atoms with van der Waals surface area (Å²) >= 11 is 0. The molecular formula is C21H26N4O5S. The number of nitrogens with one attached hydrogen (secondary N) is 3. The average Bonchev–Trinajstić information content (AvgIpc) is 2.78. The van der Waals surface area contributed by atoms with Crippen LogP contribution in [0.4, 0.5) is 0 Å². The Balaban J connectivity index is 1.99. The molecule has 0 heterocycles. The maximum atomic E-state index is 12.6. The SMILES string of the molecule is CCN(CC)S(=O)(=O)c1cccc(C(=O)NNC(=O)[C@@H](C)NC(=O)c2ccccc2)c1. The van der Waals surface area contributed by atoms with Crippen LogP contribution in [-0.2, 0) is 14.8 Å². The quantitative estimate of drug-likeness (QED) is 0.527. The number of carbonyl (C=O) groups is 3. The minimum Gasteiger partial charge on any atom is -0.340 e. The van der Waals surface area contributed by atoms with Crippen LogP contribution in [0.5, 0.6) is 0 Å². The predicted octanol–water partition coefficient (Wildman–Crippen LogP) is 1.30. The molecule has 1 atom stereocenters. The lowest BCUT2D eigenvalue weighted by Gasteiger charge is -2.19. The second-order valence-electron chi connectivity index (χ2n) is 6.62. The van der Waals surface area contributed by atoms with Crippen molar-refractivity contribution in [3.63, 3.8) is 0 Å². The van der Waals surface area contributed by atoms with Gasteiger partial charge in [-0.3, -0.25) is 25.2 Å². The number of hydrogen-bond acceptors (Lipinski definition) is 5. The van der Waals surface area contributed by atoms with E-state index in [0.717, 1.165) is 0 Å². The van der Waals surface area contributed by atoms with Gasteiger partial charge in [-0.05, 0) is 37.3 Å². The molecule has 0 aliphatic carbocycles. The Morgan fingerprint density at radius 3 is 2.10 bits per heavy atom. The molecule has 0 spiro atoms. The second-order valence-corrected chi connectivity index (χ2v) is 8.56. The van der Waals surface area contributed by atoms with E-state index in [0.29, 0.717) is 18.7 Å². The van der Waals surface area contributed by atoms with E-state index < -0.39 is 33.8 Å². The van der Waals surface area contributed by atoms with Gasteiger partial charge < -0.3 is 5.32 Å². The Hall–Kier alpha value is -3.24.